The molecule has 1 aliphatic rings. The van der Waals surface area contributed by atoms with Gasteiger partial charge in [0.25, 0.3) is 5.91 Å². The third-order valence-corrected chi connectivity index (χ3v) is 4.64. The van der Waals surface area contributed by atoms with E-state index in [1.54, 1.807) is 18.3 Å². The molecule has 1 saturated heterocycles. The van der Waals surface area contributed by atoms with Gasteiger partial charge in [0.1, 0.15) is 17.6 Å². The lowest BCUT2D eigenvalue weighted by Crippen LogP contribution is -2.49. The summed E-state index contributed by atoms with van der Waals surface area (Å²) < 4.78 is 5.65. The number of pyridine rings is 1. The van der Waals surface area contributed by atoms with Gasteiger partial charge in [-0.25, -0.2) is 4.98 Å². The lowest BCUT2D eigenvalue weighted by molar-refractivity contribution is 0.0746. The second-order valence-corrected chi connectivity index (χ2v) is 6.49. The summed E-state index contributed by atoms with van der Waals surface area (Å²) in [5, 5.41) is 9.24. The van der Waals surface area contributed by atoms with Crippen LogP contribution in [0.3, 0.4) is 0 Å². The SMILES string of the molecule is CCCCOc1ccc(C(=O)N2CCN(c3ncccc3C#N)CC2)cc1. The van der Waals surface area contributed by atoms with Gasteiger partial charge in [0.2, 0.25) is 0 Å². The minimum absolute atomic E-state index is 0.0243. The highest BCUT2D eigenvalue weighted by Gasteiger charge is 2.24. The van der Waals surface area contributed by atoms with Crippen molar-refractivity contribution in [3.8, 4) is 11.8 Å². The summed E-state index contributed by atoms with van der Waals surface area (Å²) in [6, 6.07) is 13.1. The van der Waals surface area contributed by atoms with Crippen molar-refractivity contribution in [2.45, 2.75) is 19.8 Å². The second kappa shape index (κ2) is 9.04. The molecule has 0 bridgehead atoms. The number of nitriles is 1. The number of hydrogen-bond donors (Lipinski definition) is 0. The Balaban J connectivity index is 1.57. The monoisotopic (exact) mass is 364 g/mol. The number of amides is 1. The molecule has 1 aliphatic heterocycles. The van der Waals surface area contributed by atoms with Crippen molar-refractivity contribution in [1.82, 2.24) is 9.88 Å². The molecule has 0 N–H and O–H groups in total. The van der Waals surface area contributed by atoms with E-state index in [1.807, 2.05) is 29.2 Å². The fourth-order valence-electron chi connectivity index (χ4n) is 3.07. The molecule has 1 amide bonds. The van der Waals surface area contributed by atoms with Gasteiger partial charge in [-0.15, -0.1) is 0 Å². The van der Waals surface area contributed by atoms with Crippen LogP contribution in [0.2, 0.25) is 0 Å². The highest BCUT2D eigenvalue weighted by atomic mass is 16.5. The Morgan fingerprint density at radius 1 is 1.19 bits per heavy atom. The van der Waals surface area contributed by atoms with Gasteiger partial charge in [-0.3, -0.25) is 4.79 Å². The van der Waals surface area contributed by atoms with E-state index >= 15 is 0 Å². The first-order valence-corrected chi connectivity index (χ1v) is 9.35. The molecule has 1 aromatic heterocycles. The number of carbonyl (C=O) groups excluding carboxylic acids is 1. The quantitative estimate of drug-likeness (QED) is 0.737. The van der Waals surface area contributed by atoms with E-state index in [-0.39, 0.29) is 5.91 Å². The minimum Gasteiger partial charge on any atom is -0.494 e. The fraction of sp³-hybridized carbons (Fsp3) is 0.381. The Morgan fingerprint density at radius 2 is 1.93 bits per heavy atom. The number of piperazine rings is 1. The Morgan fingerprint density at radius 3 is 2.59 bits per heavy atom. The van der Waals surface area contributed by atoms with Crippen LogP contribution >= 0.6 is 0 Å². The van der Waals surface area contributed by atoms with E-state index in [1.165, 1.54) is 0 Å². The van der Waals surface area contributed by atoms with Crippen molar-refractivity contribution < 1.29 is 9.53 Å². The summed E-state index contributed by atoms with van der Waals surface area (Å²) in [5.74, 6) is 1.51. The van der Waals surface area contributed by atoms with Gasteiger partial charge in [-0.1, -0.05) is 13.3 Å². The first-order valence-electron chi connectivity index (χ1n) is 9.35. The maximum Gasteiger partial charge on any atom is 0.253 e. The smallest absolute Gasteiger partial charge is 0.253 e. The molecule has 3 rings (SSSR count). The number of ether oxygens (including phenoxy) is 1. The van der Waals surface area contributed by atoms with Crippen LogP contribution in [0.1, 0.15) is 35.7 Å². The van der Waals surface area contributed by atoms with E-state index in [9.17, 15) is 10.1 Å². The molecule has 0 radical (unpaired) electrons. The molecule has 0 spiro atoms. The van der Waals surface area contributed by atoms with E-state index in [2.05, 4.69) is 22.9 Å². The van der Waals surface area contributed by atoms with Crippen LogP contribution in [0.25, 0.3) is 0 Å². The van der Waals surface area contributed by atoms with E-state index < -0.39 is 0 Å². The maximum atomic E-state index is 12.7. The van der Waals surface area contributed by atoms with Crippen LogP contribution in [0.4, 0.5) is 5.82 Å². The summed E-state index contributed by atoms with van der Waals surface area (Å²) in [5.41, 5.74) is 1.23. The molecular formula is C21H24N4O2. The normalized spacial score (nSPS) is 13.9. The lowest BCUT2D eigenvalue weighted by atomic mass is 10.1. The Labute approximate surface area is 160 Å². The first kappa shape index (κ1) is 18.7. The molecule has 6 heteroatoms. The number of benzene rings is 1. The number of rotatable bonds is 6. The Bertz CT molecular complexity index is 806. The molecule has 27 heavy (non-hydrogen) atoms. The zero-order chi connectivity index (χ0) is 19.1. The van der Waals surface area contributed by atoms with Crippen molar-refractivity contribution >= 4 is 11.7 Å². The van der Waals surface area contributed by atoms with Crippen molar-refractivity contribution in [2.75, 3.05) is 37.7 Å². The molecule has 140 valence electrons. The average Bonchev–Trinajstić information content (AvgIpc) is 2.74. The number of carbonyl (C=O) groups is 1. The predicted molar refractivity (Wildman–Crippen MR) is 104 cm³/mol. The minimum atomic E-state index is 0.0243. The topological polar surface area (TPSA) is 69.5 Å². The number of unbranched alkanes of at least 4 members (excludes halogenated alkanes) is 1. The highest BCUT2D eigenvalue weighted by Crippen LogP contribution is 2.20. The van der Waals surface area contributed by atoms with Crippen LogP contribution in [0.5, 0.6) is 5.75 Å². The summed E-state index contributed by atoms with van der Waals surface area (Å²) in [4.78, 5) is 21.0. The standard InChI is InChI=1S/C21H24N4O2/c1-2-3-15-27-19-8-6-17(7-9-19)21(26)25-13-11-24(12-14-25)20-18(16-22)5-4-10-23-20/h4-10H,2-3,11-15H2,1H3. The number of hydrogen-bond acceptors (Lipinski definition) is 5. The fourth-order valence-corrected chi connectivity index (χ4v) is 3.07. The largest absolute Gasteiger partial charge is 0.494 e. The van der Waals surface area contributed by atoms with Crippen LogP contribution in [-0.2, 0) is 0 Å². The Kier molecular flexibility index (Phi) is 6.26. The van der Waals surface area contributed by atoms with E-state index in [4.69, 9.17) is 4.74 Å². The number of aromatic nitrogens is 1. The molecule has 0 saturated carbocycles. The van der Waals surface area contributed by atoms with Crippen molar-refractivity contribution in [2.24, 2.45) is 0 Å². The molecule has 1 aromatic carbocycles. The van der Waals surface area contributed by atoms with Crippen LogP contribution in [0, 0.1) is 11.3 Å². The van der Waals surface area contributed by atoms with Gasteiger partial charge in [0.15, 0.2) is 0 Å². The van der Waals surface area contributed by atoms with E-state index in [0.29, 0.717) is 49.7 Å². The maximum absolute atomic E-state index is 12.7. The highest BCUT2D eigenvalue weighted by molar-refractivity contribution is 5.94. The van der Waals surface area contributed by atoms with Crippen LogP contribution in [-0.4, -0.2) is 48.6 Å². The van der Waals surface area contributed by atoms with Gasteiger partial charge in [-0.05, 0) is 42.8 Å². The van der Waals surface area contributed by atoms with E-state index in [0.717, 1.165) is 18.6 Å². The van der Waals surface area contributed by atoms with Gasteiger partial charge >= 0.3 is 0 Å². The molecular weight excluding hydrogens is 340 g/mol. The van der Waals surface area contributed by atoms with Crippen molar-refractivity contribution in [3.63, 3.8) is 0 Å². The van der Waals surface area contributed by atoms with Gasteiger partial charge in [0, 0.05) is 37.9 Å². The lowest BCUT2D eigenvalue weighted by Gasteiger charge is -2.35. The Hall–Kier alpha value is -3.07. The average molecular weight is 364 g/mol. The van der Waals surface area contributed by atoms with Crippen molar-refractivity contribution in [1.29, 1.82) is 5.26 Å². The molecule has 1 fully saturated rings. The van der Waals surface area contributed by atoms with Gasteiger partial charge in [-0.2, -0.15) is 5.26 Å². The van der Waals surface area contributed by atoms with Gasteiger partial charge in [0.05, 0.1) is 12.2 Å². The van der Waals surface area contributed by atoms with Crippen LogP contribution < -0.4 is 9.64 Å². The summed E-state index contributed by atoms with van der Waals surface area (Å²) in [6.45, 7) is 5.36. The third kappa shape index (κ3) is 4.56. The summed E-state index contributed by atoms with van der Waals surface area (Å²) in [7, 11) is 0. The number of nitrogens with zero attached hydrogens (tertiary/aromatic N) is 4. The zero-order valence-electron chi connectivity index (χ0n) is 15.6. The second-order valence-electron chi connectivity index (χ2n) is 6.49. The molecule has 0 unspecified atom stereocenters. The first-order chi connectivity index (χ1) is 13.2. The zero-order valence-corrected chi connectivity index (χ0v) is 15.6. The summed E-state index contributed by atoms with van der Waals surface area (Å²) in [6.07, 6.45) is 3.81. The summed E-state index contributed by atoms with van der Waals surface area (Å²) >= 11 is 0. The molecule has 6 nitrogen and oxygen atoms in total. The predicted octanol–water partition coefficient (Wildman–Crippen LogP) is 3.09. The van der Waals surface area contributed by atoms with Crippen LogP contribution in [0.15, 0.2) is 42.6 Å². The number of anilines is 1. The third-order valence-electron chi connectivity index (χ3n) is 4.64. The molecule has 0 atom stereocenters. The van der Waals surface area contributed by atoms with Crippen molar-refractivity contribution in [3.05, 3.63) is 53.7 Å². The van der Waals surface area contributed by atoms with Gasteiger partial charge < -0.3 is 14.5 Å². The molecule has 2 heterocycles. The molecule has 2 aromatic rings. The molecule has 0 aliphatic carbocycles.